The first-order valence-electron chi connectivity index (χ1n) is 5.29. The quantitative estimate of drug-likeness (QED) is 0.848. The third-order valence-corrected chi connectivity index (χ3v) is 4.40. The Morgan fingerprint density at radius 1 is 1.38 bits per heavy atom. The van der Waals surface area contributed by atoms with Crippen molar-refractivity contribution in [3.63, 3.8) is 0 Å². The maximum absolute atomic E-state index is 12.9. The molecule has 1 fully saturated rings. The first kappa shape index (κ1) is 12.3. The van der Waals surface area contributed by atoms with E-state index in [2.05, 4.69) is 0 Å². The molecule has 90 valence electrons. The van der Waals surface area contributed by atoms with Gasteiger partial charge in [0.25, 0.3) is 0 Å². The predicted octanol–water partition coefficient (Wildman–Crippen LogP) is 4.26. The summed E-state index contributed by atoms with van der Waals surface area (Å²) < 4.78 is 26.5. The SMILES string of the molecule is OC(c1ccc(Cl)s1)C1CCC(F)(F)CC1. The van der Waals surface area contributed by atoms with Crippen molar-refractivity contribution in [3.8, 4) is 0 Å². The van der Waals surface area contributed by atoms with Crippen LogP contribution in [0.5, 0.6) is 0 Å². The number of hydrogen-bond donors (Lipinski definition) is 1. The van der Waals surface area contributed by atoms with Crippen molar-refractivity contribution < 1.29 is 13.9 Å². The summed E-state index contributed by atoms with van der Waals surface area (Å²) in [4.78, 5) is 0.778. The second-order valence-corrected chi connectivity index (χ2v) is 6.03. The number of aliphatic hydroxyl groups is 1. The molecule has 1 unspecified atom stereocenters. The van der Waals surface area contributed by atoms with Gasteiger partial charge in [0.05, 0.1) is 10.4 Å². The molecule has 0 radical (unpaired) electrons. The van der Waals surface area contributed by atoms with Crippen LogP contribution in [0.3, 0.4) is 0 Å². The molecule has 1 atom stereocenters. The Bertz CT molecular complexity index is 357. The fourth-order valence-electron chi connectivity index (χ4n) is 2.10. The summed E-state index contributed by atoms with van der Waals surface area (Å²) in [6.45, 7) is 0. The lowest BCUT2D eigenvalue weighted by atomic mass is 9.83. The monoisotopic (exact) mass is 266 g/mol. The van der Waals surface area contributed by atoms with Gasteiger partial charge in [-0.2, -0.15) is 0 Å². The Kier molecular flexibility index (Phi) is 3.52. The average molecular weight is 267 g/mol. The molecule has 0 saturated heterocycles. The minimum Gasteiger partial charge on any atom is -0.387 e. The van der Waals surface area contributed by atoms with E-state index in [4.69, 9.17) is 11.6 Å². The zero-order valence-electron chi connectivity index (χ0n) is 8.63. The summed E-state index contributed by atoms with van der Waals surface area (Å²) in [6, 6.07) is 3.49. The molecule has 1 aliphatic rings. The van der Waals surface area contributed by atoms with Crippen LogP contribution in [0, 0.1) is 5.92 Å². The van der Waals surface area contributed by atoms with Gasteiger partial charge in [0, 0.05) is 17.7 Å². The van der Waals surface area contributed by atoms with Gasteiger partial charge >= 0.3 is 0 Å². The van der Waals surface area contributed by atoms with E-state index in [9.17, 15) is 13.9 Å². The van der Waals surface area contributed by atoms with Crippen molar-refractivity contribution in [2.75, 3.05) is 0 Å². The fraction of sp³-hybridized carbons (Fsp3) is 0.636. The number of alkyl halides is 2. The molecular formula is C11H13ClF2OS. The molecule has 1 heterocycles. The third kappa shape index (κ3) is 2.73. The maximum Gasteiger partial charge on any atom is 0.248 e. The zero-order valence-corrected chi connectivity index (χ0v) is 10.2. The van der Waals surface area contributed by atoms with Gasteiger partial charge in [0.2, 0.25) is 5.92 Å². The summed E-state index contributed by atoms with van der Waals surface area (Å²) in [6.07, 6.45) is -0.122. The van der Waals surface area contributed by atoms with Gasteiger partial charge in [-0.3, -0.25) is 0 Å². The number of hydrogen-bond acceptors (Lipinski definition) is 2. The standard InChI is InChI=1S/C11H13ClF2OS/c12-9-2-1-8(16-9)10(15)7-3-5-11(13,14)6-4-7/h1-2,7,10,15H,3-6H2. The molecule has 1 aromatic rings. The highest BCUT2D eigenvalue weighted by molar-refractivity contribution is 7.16. The summed E-state index contributed by atoms with van der Waals surface area (Å²) >= 11 is 7.09. The molecule has 0 bridgehead atoms. The Balaban J connectivity index is 1.99. The lowest BCUT2D eigenvalue weighted by molar-refractivity contribution is -0.0622. The second-order valence-electron chi connectivity index (χ2n) is 4.28. The number of aliphatic hydroxyl groups excluding tert-OH is 1. The van der Waals surface area contributed by atoms with Crippen LogP contribution in [0.25, 0.3) is 0 Å². The molecule has 2 rings (SSSR count). The maximum atomic E-state index is 12.9. The molecule has 16 heavy (non-hydrogen) atoms. The number of thiophene rings is 1. The summed E-state index contributed by atoms with van der Waals surface area (Å²) in [5.74, 6) is -2.60. The van der Waals surface area contributed by atoms with Crippen LogP contribution >= 0.6 is 22.9 Å². The third-order valence-electron chi connectivity index (χ3n) is 3.09. The topological polar surface area (TPSA) is 20.2 Å². The van der Waals surface area contributed by atoms with Crippen LogP contribution in [-0.2, 0) is 0 Å². The first-order valence-corrected chi connectivity index (χ1v) is 6.48. The lowest BCUT2D eigenvalue weighted by Gasteiger charge is -2.30. The number of halogens is 3. The van der Waals surface area contributed by atoms with Crippen LogP contribution in [0.1, 0.15) is 36.7 Å². The summed E-state index contributed by atoms with van der Waals surface area (Å²) in [7, 11) is 0. The Morgan fingerprint density at radius 2 is 2.00 bits per heavy atom. The zero-order chi connectivity index (χ0) is 11.8. The largest absolute Gasteiger partial charge is 0.387 e. The van der Waals surface area contributed by atoms with Crippen molar-refractivity contribution in [2.24, 2.45) is 5.92 Å². The molecule has 1 saturated carbocycles. The van der Waals surface area contributed by atoms with Crippen molar-refractivity contribution >= 4 is 22.9 Å². The van der Waals surface area contributed by atoms with Gasteiger partial charge in [-0.25, -0.2) is 8.78 Å². The molecule has 5 heteroatoms. The van der Waals surface area contributed by atoms with Crippen molar-refractivity contribution in [2.45, 2.75) is 37.7 Å². The van der Waals surface area contributed by atoms with Crippen LogP contribution < -0.4 is 0 Å². The normalized spacial score (nSPS) is 23.2. The molecular weight excluding hydrogens is 254 g/mol. The highest BCUT2D eigenvalue weighted by Gasteiger charge is 2.37. The molecule has 1 N–H and O–H groups in total. The van der Waals surface area contributed by atoms with E-state index in [1.165, 1.54) is 11.3 Å². The summed E-state index contributed by atoms with van der Waals surface area (Å²) in [5.41, 5.74) is 0. The van der Waals surface area contributed by atoms with E-state index in [-0.39, 0.29) is 18.8 Å². The predicted molar refractivity (Wildman–Crippen MR) is 61.2 cm³/mol. The van der Waals surface area contributed by atoms with Crippen LogP contribution in [0.15, 0.2) is 12.1 Å². The minimum atomic E-state index is -2.54. The van der Waals surface area contributed by atoms with Crippen LogP contribution in [0.4, 0.5) is 8.78 Å². The molecule has 0 aliphatic heterocycles. The molecule has 0 spiro atoms. The summed E-state index contributed by atoms with van der Waals surface area (Å²) in [5, 5.41) is 10.0. The number of rotatable bonds is 2. The fourth-order valence-corrected chi connectivity index (χ4v) is 3.24. The minimum absolute atomic E-state index is 0.0608. The lowest BCUT2D eigenvalue weighted by Crippen LogP contribution is -2.27. The molecule has 1 aliphatic carbocycles. The Morgan fingerprint density at radius 3 is 2.50 bits per heavy atom. The van der Waals surface area contributed by atoms with Gasteiger partial charge < -0.3 is 5.11 Å². The molecule has 1 nitrogen and oxygen atoms in total. The van der Waals surface area contributed by atoms with Crippen LogP contribution in [0.2, 0.25) is 4.34 Å². The highest BCUT2D eigenvalue weighted by atomic mass is 35.5. The van der Waals surface area contributed by atoms with E-state index in [0.29, 0.717) is 17.2 Å². The van der Waals surface area contributed by atoms with Gasteiger partial charge in [-0.1, -0.05) is 11.6 Å². The van der Waals surface area contributed by atoms with Gasteiger partial charge in [0.15, 0.2) is 0 Å². The average Bonchev–Trinajstić information content (AvgIpc) is 2.64. The van der Waals surface area contributed by atoms with E-state index in [1.54, 1.807) is 12.1 Å². The van der Waals surface area contributed by atoms with E-state index < -0.39 is 12.0 Å². The smallest absolute Gasteiger partial charge is 0.248 e. The first-order chi connectivity index (χ1) is 7.48. The van der Waals surface area contributed by atoms with Crippen LogP contribution in [-0.4, -0.2) is 11.0 Å². The van der Waals surface area contributed by atoms with Gasteiger partial charge in [-0.15, -0.1) is 11.3 Å². The Hall–Kier alpha value is -0.190. The highest BCUT2D eigenvalue weighted by Crippen LogP contribution is 2.42. The molecule has 0 amide bonds. The Labute approximate surface area is 102 Å². The van der Waals surface area contributed by atoms with E-state index >= 15 is 0 Å². The second kappa shape index (κ2) is 4.59. The van der Waals surface area contributed by atoms with Crippen molar-refractivity contribution in [1.29, 1.82) is 0 Å². The molecule has 1 aromatic heterocycles. The van der Waals surface area contributed by atoms with E-state index in [1.807, 2.05) is 0 Å². The van der Waals surface area contributed by atoms with E-state index in [0.717, 1.165) is 4.88 Å². The molecule has 0 aromatic carbocycles. The van der Waals surface area contributed by atoms with Gasteiger partial charge in [0.1, 0.15) is 0 Å². The van der Waals surface area contributed by atoms with Crippen molar-refractivity contribution in [1.82, 2.24) is 0 Å². The van der Waals surface area contributed by atoms with Gasteiger partial charge in [-0.05, 0) is 30.9 Å². The van der Waals surface area contributed by atoms with Crippen molar-refractivity contribution in [3.05, 3.63) is 21.3 Å².